The fraction of sp³-hybridized carbons (Fsp3) is 0.0625. The topological polar surface area (TPSA) is 74.0 Å². The van der Waals surface area contributed by atoms with Gasteiger partial charge in [0, 0.05) is 5.69 Å². The molecule has 0 aliphatic carbocycles. The zero-order valence-corrected chi connectivity index (χ0v) is 11.5. The standard InChI is InChI=1S/C16H15N3O2/c1-12(20)15(19-18-14-10-6-3-7-11-14)16(21)17-13-8-4-2-5-9-13/h2-11,20H,1H3,(H,17,21)/b15-12-,19-18?. The third-order valence-electron chi connectivity index (χ3n) is 2.61. The largest absolute Gasteiger partial charge is 0.510 e. The van der Waals surface area contributed by atoms with Gasteiger partial charge in [-0.05, 0) is 31.2 Å². The van der Waals surface area contributed by atoms with Gasteiger partial charge in [-0.15, -0.1) is 5.11 Å². The minimum atomic E-state index is -0.513. The summed E-state index contributed by atoms with van der Waals surface area (Å²) >= 11 is 0. The van der Waals surface area contributed by atoms with Crippen molar-refractivity contribution in [3.05, 3.63) is 72.1 Å². The van der Waals surface area contributed by atoms with Gasteiger partial charge in [-0.2, -0.15) is 5.11 Å². The van der Waals surface area contributed by atoms with E-state index in [9.17, 15) is 9.90 Å². The van der Waals surface area contributed by atoms with Crippen LogP contribution in [0.3, 0.4) is 0 Å². The lowest BCUT2D eigenvalue weighted by Gasteiger charge is -2.05. The summed E-state index contributed by atoms with van der Waals surface area (Å²) in [7, 11) is 0. The summed E-state index contributed by atoms with van der Waals surface area (Å²) in [5.41, 5.74) is 1.10. The molecule has 0 aliphatic rings. The molecule has 2 aromatic rings. The normalized spacial score (nSPS) is 12.0. The Morgan fingerprint density at radius 1 is 1.00 bits per heavy atom. The maximum Gasteiger partial charge on any atom is 0.279 e. The van der Waals surface area contributed by atoms with Crippen molar-refractivity contribution >= 4 is 17.3 Å². The summed E-state index contributed by atoms with van der Waals surface area (Å²) in [6.07, 6.45) is 0. The number of carbonyl (C=O) groups is 1. The van der Waals surface area contributed by atoms with Crippen molar-refractivity contribution in [2.45, 2.75) is 6.92 Å². The molecule has 0 fully saturated rings. The predicted molar refractivity (Wildman–Crippen MR) is 81.4 cm³/mol. The van der Waals surface area contributed by atoms with Crippen LogP contribution in [0.1, 0.15) is 6.92 Å². The quantitative estimate of drug-likeness (QED) is 0.500. The average Bonchev–Trinajstić information content (AvgIpc) is 2.49. The third-order valence-corrected chi connectivity index (χ3v) is 2.61. The molecular formula is C16H15N3O2. The van der Waals surface area contributed by atoms with Crippen molar-refractivity contribution in [1.29, 1.82) is 0 Å². The molecule has 21 heavy (non-hydrogen) atoms. The number of hydrogen-bond donors (Lipinski definition) is 2. The molecule has 0 saturated carbocycles. The molecule has 0 atom stereocenters. The van der Waals surface area contributed by atoms with E-state index in [0.29, 0.717) is 11.4 Å². The van der Waals surface area contributed by atoms with Crippen LogP contribution in [0.25, 0.3) is 0 Å². The lowest BCUT2D eigenvalue weighted by molar-refractivity contribution is -0.113. The van der Waals surface area contributed by atoms with E-state index in [1.165, 1.54) is 6.92 Å². The average molecular weight is 281 g/mol. The van der Waals surface area contributed by atoms with Crippen LogP contribution in [0.5, 0.6) is 0 Å². The van der Waals surface area contributed by atoms with Crippen molar-refractivity contribution in [2.24, 2.45) is 10.2 Å². The molecule has 1 amide bonds. The highest BCUT2D eigenvalue weighted by atomic mass is 16.3. The minimum Gasteiger partial charge on any atom is -0.510 e. The Morgan fingerprint density at radius 3 is 2.14 bits per heavy atom. The second-order valence-corrected chi connectivity index (χ2v) is 4.29. The molecule has 2 N–H and O–H groups in total. The Morgan fingerprint density at radius 2 is 1.57 bits per heavy atom. The third kappa shape index (κ3) is 4.28. The van der Waals surface area contributed by atoms with E-state index in [1.54, 1.807) is 36.4 Å². The van der Waals surface area contributed by atoms with E-state index in [2.05, 4.69) is 15.5 Å². The molecule has 2 rings (SSSR count). The van der Waals surface area contributed by atoms with Crippen LogP contribution in [0.4, 0.5) is 11.4 Å². The SMILES string of the molecule is C/C(O)=C(/N=Nc1ccccc1)C(=O)Nc1ccccc1. The van der Waals surface area contributed by atoms with Gasteiger partial charge >= 0.3 is 0 Å². The van der Waals surface area contributed by atoms with Gasteiger partial charge in [0.25, 0.3) is 5.91 Å². The lowest BCUT2D eigenvalue weighted by Crippen LogP contribution is -2.14. The molecule has 0 heterocycles. The summed E-state index contributed by atoms with van der Waals surface area (Å²) < 4.78 is 0. The molecule has 0 aliphatic heterocycles. The van der Waals surface area contributed by atoms with E-state index < -0.39 is 5.91 Å². The van der Waals surface area contributed by atoms with Crippen LogP contribution < -0.4 is 5.32 Å². The monoisotopic (exact) mass is 281 g/mol. The number of para-hydroxylation sites is 1. The number of rotatable bonds is 4. The van der Waals surface area contributed by atoms with Gasteiger partial charge in [0.2, 0.25) is 0 Å². The number of benzene rings is 2. The van der Waals surface area contributed by atoms with Gasteiger partial charge < -0.3 is 10.4 Å². The van der Waals surface area contributed by atoms with Gasteiger partial charge in [-0.3, -0.25) is 4.79 Å². The zero-order valence-electron chi connectivity index (χ0n) is 11.5. The summed E-state index contributed by atoms with van der Waals surface area (Å²) in [4.78, 5) is 12.1. The Kier molecular flexibility index (Phi) is 4.82. The van der Waals surface area contributed by atoms with E-state index in [0.717, 1.165) is 0 Å². The molecule has 0 bridgehead atoms. The van der Waals surface area contributed by atoms with Crippen LogP contribution >= 0.6 is 0 Å². The zero-order chi connectivity index (χ0) is 15.1. The van der Waals surface area contributed by atoms with Gasteiger partial charge in [0.1, 0.15) is 5.76 Å². The van der Waals surface area contributed by atoms with Crippen LogP contribution in [-0.4, -0.2) is 11.0 Å². The molecule has 0 unspecified atom stereocenters. The molecule has 0 aromatic heterocycles. The molecule has 0 spiro atoms. The summed E-state index contributed by atoms with van der Waals surface area (Å²) in [5.74, 6) is -0.705. The van der Waals surface area contributed by atoms with Gasteiger partial charge in [0.15, 0.2) is 5.70 Å². The van der Waals surface area contributed by atoms with E-state index in [4.69, 9.17) is 0 Å². The number of nitrogens with one attached hydrogen (secondary N) is 1. The Balaban J connectivity index is 2.15. The molecule has 0 radical (unpaired) electrons. The van der Waals surface area contributed by atoms with Crippen molar-refractivity contribution < 1.29 is 9.90 Å². The number of anilines is 1. The molecular weight excluding hydrogens is 266 g/mol. The highest BCUT2D eigenvalue weighted by molar-refractivity contribution is 6.03. The number of amides is 1. The highest BCUT2D eigenvalue weighted by Gasteiger charge is 2.13. The maximum absolute atomic E-state index is 12.1. The number of aliphatic hydroxyl groups excluding tert-OH is 1. The Hall–Kier alpha value is -2.95. The van der Waals surface area contributed by atoms with E-state index in [-0.39, 0.29) is 11.5 Å². The Labute approximate surface area is 122 Å². The number of carbonyl (C=O) groups excluding carboxylic acids is 1. The highest BCUT2D eigenvalue weighted by Crippen LogP contribution is 2.15. The second-order valence-electron chi connectivity index (χ2n) is 4.29. The fourth-order valence-electron chi connectivity index (χ4n) is 1.60. The smallest absolute Gasteiger partial charge is 0.279 e. The Bertz CT molecular complexity index is 660. The minimum absolute atomic E-state index is 0.122. The first-order valence-corrected chi connectivity index (χ1v) is 6.40. The molecule has 2 aromatic carbocycles. The van der Waals surface area contributed by atoms with E-state index in [1.807, 2.05) is 24.3 Å². The first-order chi connectivity index (χ1) is 10.2. The van der Waals surface area contributed by atoms with Crippen LogP contribution in [0.2, 0.25) is 0 Å². The number of aliphatic hydroxyl groups is 1. The van der Waals surface area contributed by atoms with Crippen molar-refractivity contribution in [3.63, 3.8) is 0 Å². The lowest BCUT2D eigenvalue weighted by atomic mass is 10.3. The first kappa shape index (κ1) is 14.5. The first-order valence-electron chi connectivity index (χ1n) is 6.40. The van der Waals surface area contributed by atoms with Crippen molar-refractivity contribution in [3.8, 4) is 0 Å². The summed E-state index contributed by atoms with van der Waals surface area (Å²) in [6, 6.07) is 17.9. The molecule has 106 valence electrons. The van der Waals surface area contributed by atoms with Crippen LogP contribution in [0.15, 0.2) is 82.3 Å². The molecule has 5 nitrogen and oxygen atoms in total. The predicted octanol–water partition coefficient (Wildman–Crippen LogP) is 4.20. The molecule has 5 heteroatoms. The molecule has 0 saturated heterocycles. The van der Waals surface area contributed by atoms with Crippen LogP contribution in [0, 0.1) is 0 Å². The van der Waals surface area contributed by atoms with Crippen molar-refractivity contribution in [1.82, 2.24) is 0 Å². The van der Waals surface area contributed by atoms with Crippen LogP contribution in [-0.2, 0) is 4.79 Å². The number of azo groups is 1. The fourth-order valence-corrected chi connectivity index (χ4v) is 1.60. The summed E-state index contributed by atoms with van der Waals surface area (Å²) in [5, 5.41) is 20.0. The number of allylic oxidation sites excluding steroid dienone is 1. The van der Waals surface area contributed by atoms with Gasteiger partial charge in [-0.25, -0.2) is 0 Å². The summed E-state index contributed by atoms with van der Waals surface area (Å²) in [6.45, 7) is 1.39. The van der Waals surface area contributed by atoms with Crippen molar-refractivity contribution in [2.75, 3.05) is 5.32 Å². The van der Waals surface area contributed by atoms with E-state index >= 15 is 0 Å². The number of nitrogens with zero attached hydrogens (tertiary/aromatic N) is 2. The van der Waals surface area contributed by atoms with Gasteiger partial charge in [0.05, 0.1) is 5.69 Å². The second kappa shape index (κ2) is 7.00. The maximum atomic E-state index is 12.1. The van der Waals surface area contributed by atoms with Gasteiger partial charge in [-0.1, -0.05) is 36.4 Å². The number of hydrogen-bond acceptors (Lipinski definition) is 4.